The Labute approximate surface area is 218 Å². The highest BCUT2D eigenvalue weighted by Gasteiger charge is 2.54. The van der Waals surface area contributed by atoms with E-state index in [1.165, 1.54) is 7.11 Å². The number of nitrogens with zero attached hydrogens (tertiary/aromatic N) is 1. The summed E-state index contributed by atoms with van der Waals surface area (Å²) in [4.78, 5) is 27.9. The highest BCUT2D eigenvalue weighted by Crippen LogP contribution is 2.49. The monoisotopic (exact) mass is 516 g/mol. The van der Waals surface area contributed by atoms with Crippen LogP contribution in [0.5, 0.6) is 0 Å². The van der Waals surface area contributed by atoms with Crippen molar-refractivity contribution in [2.45, 2.75) is 71.1 Å². The molecule has 188 valence electrons. The van der Waals surface area contributed by atoms with Gasteiger partial charge in [-0.1, -0.05) is 56.1 Å². The van der Waals surface area contributed by atoms with Crippen molar-refractivity contribution in [3.05, 3.63) is 69.2 Å². The van der Waals surface area contributed by atoms with Gasteiger partial charge in [0.05, 0.1) is 24.4 Å². The van der Waals surface area contributed by atoms with Crippen LogP contribution in [0.25, 0.3) is 0 Å². The quantitative estimate of drug-likeness (QED) is 0.446. The van der Waals surface area contributed by atoms with Crippen LogP contribution in [0.3, 0.4) is 0 Å². The van der Waals surface area contributed by atoms with E-state index in [-0.39, 0.29) is 23.3 Å². The van der Waals surface area contributed by atoms with E-state index in [1.807, 2.05) is 29.2 Å². The molecule has 2 aromatic carbocycles. The average Bonchev–Trinajstić information content (AvgIpc) is 3.08. The third kappa shape index (κ3) is 5.09. The van der Waals surface area contributed by atoms with Crippen LogP contribution in [-0.2, 0) is 9.53 Å². The van der Waals surface area contributed by atoms with E-state index in [0.29, 0.717) is 21.5 Å². The molecule has 5 nitrogen and oxygen atoms in total. The van der Waals surface area contributed by atoms with Crippen LogP contribution >= 0.6 is 23.2 Å². The number of esters is 1. The predicted octanol–water partition coefficient (Wildman–Crippen LogP) is 6.95. The topological polar surface area (TPSA) is 58.6 Å². The summed E-state index contributed by atoms with van der Waals surface area (Å²) in [6, 6.07) is 11.9. The van der Waals surface area contributed by atoms with Crippen molar-refractivity contribution in [3.8, 4) is 0 Å². The largest absolute Gasteiger partial charge is 0.465 e. The van der Waals surface area contributed by atoms with Crippen LogP contribution < -0.4 is 5.32 Å². The maximum absolute atomic E-state index is 14.0. The van der Waals surface area contributed by atoms with Gasteiger partial charge >= 0.3 is 5.97 Å². The van der Waals surface area contributed by atoms with E-state index in [2.05, 4.69) is 33.0 Å². The number of rotatable bonds is 4. The van der Waals surface area contributed by atoms with Crippen molar-refractivity contribution in [2.75, 3.05) is 7.11 Å². The molecule has 1 amide bonds. The van der Waals surface area contributed by atoms with Gasteiger partial charge < -0.3 is 9.64 Å². The zero-order valence-electron chi connectivity index (χ0n) is 21.0. The number of halogens is 2. The standard InChI is InChI=1S/C28H34Cl2N2O3/c1-17(18-6-8-19(9-7-18)26(34)35-5)32-25(33)24(20-14-22(29)16-23(30)15-20)31-28(32)12-10-21(11-13-28)27(2,3)4/h6-9,14-17,21,24,31H,10-13H2,1-5H3/t17-,21?,24?,28?/m1/s1. The van der Waals surface area contributed by atoms with Crippen molar-refractivity contribution < 1.29 is 14.3 Å². The molecule has 0 bridgehead atoms. The molecule has 1 heterocycles. The molecule has 2 fully saturated rings. The summed E-state index contributed by atoms with van der Waals surface area (Å²) in [6.07, 6.45) is 3.82. The third-order valence-electron chi connectivity index (χ3n) is 7.82. The summed E-state index contributed by atoms with van der Waals surface area (Å²) in [5, 5.41) is 4.75. The second-order valence-corrected chi connectivity index (χ2v) is 11.8. The molecule has 1 aliphatic heterocycles. The van der Waals surface area contributed by atoms with Gasteiger partial charge in [-0.15, -0.1) is 0 Å². The first-order chi connectivity index (χ1) is 16.4. The molecule has 2 aromatic rings. The molecule has 0 radical (unpaired) electrons. The van der Waals surface area contributed by atoms with Gasteiger partial charge in [0.2, 0.25) is 5.91 Å². The van der Waals surface area contributed by atoms with Gasteiger partial charge in [0.1, 0.15) is 6.04 Å². The molecule has 4 rings (SSSR count). The molecule has 35 heavy (non-hydrogen) atoms. The van der Waals surface area contributed by atoms with Gasteiger partial charge in [0, 0.05) is 10.0 Å². The summed E-state index contributed by atoms with van der Waals surface area (Å²) < 4.78 is 4.83. The number of carbonyl (C=O) groups is 2. The number of hydrogen-bond acceptors (Lipinski definition) is 4. The van der Waals surface area contributed by atoms with Crippen molar-refractivity contribution >= 4 is 35.1 Å². The Morgan fingerprint density at radius 3 is 2.17 bits per heavy atom. The number of ether oxygens (including phenoxy) is 1. The summed E-state index contributed by atoms with van der Waals surface area (Å²) in [7, 11) is 1.37. The zero-order valence-corrected chi connectivity index (χ0v) is 22.5. The second-order valence-electron chi connectivity index (χ2n) is 10.9. The van der Waals surface area contributed by atoms with E-state index in [1.54, 1.807) is 18.2 Å². The van der Waals surface area contributed by atoms with Gasteiger partial charge in [0.15, 0.2) is 0 Å². The summed E-state index contributed by atoms with van der Waals surface area (Å²) in [5.74, 6) is 0.237. The van der Waals surface area contributed by atoms with Gasteiger partial charge in [0.25, 0.3) is 0 Å². The van der Waals surface area contributed by atoms with E-state index in [9.17, 15) is 9.59 Å². The van der Waals surface area contributed by atoms with Crippen molar-refractivity contribution in [3.63, 3.8) is 0 Å². The molecule has 2 aliphatic rings. The lowest BCUT2D eigenvalue weighted by molar-refractivity contribution is -0.136. The molecule has 1 unspecified atom stereocenters. The summed E-state index contributed by atoms with van der Waals surface area (Å²) >= 11 is 12.6. The van der Waals surface area contributed by atoms with Crippen molar-refractivity contribution in [1.82, 2.24) is 10.2 Å². The van der Waals surface area contributed by atoms with Crippen LogP contribution in [0.2, 0.25) is 10.0 Å². The zero-order chi connectivity index (χ0) is 25.5. The van der Waals surface area contributed by atoms with Gasteiger partial charge in [-0.2, -0.15) is 0 Å². The Morgan fingerprint density at radius 1 is 1.09 bits per heavy atom. The number of nitrogens with one attached hydrogen (secondary N) is 1. The van der Waals surface area contributed by atoms with Gasteiger partial charge in [-0.3, -0.25) is 10.1 Å². The normalized spacial score (nSPS) is 25.7. The third-order valence-corrected chi connectivity index (χ3v) is 8.25. The van der Waals surface area contributed by atoms with E-state index in [0.717, 1.165) is 36.8 Å². The lowest BCUT2D eigenvalue weighted by atomic mass is 9.69. The first-order valence-corrected chi connectivity index (χ1v) is 13.0. The number of amides is 1. The molecule has 1 saturated carbocycles. The van der Waals surface area contributed by atoms with Crippen LogP contribution in [0.4, 0.5) is 0 Å². The number of carbonyl (C=O) groups excluding carboxylic acids is 2. The van der Waals surface area contributed by atoms with Crippen molar-refractivity contribution in [2.24, 2.45) is 11.3 Å². The van der Waals surface area contributed by atoms with Crippen LogP contribution in [0.15, 0.2) is 42.5 Å². The summed E-state index contributed by atoms with van der Waals surface area (Å²) in [5.41, 5.74) is 2.00. The van der Waals surface area contributed by atoms with Crippen LogP contribution in [0, 0.1) is 11.3 Å². The molecule has 0 aromatic heterocycles. The number of hydrogen-bond donors (Lipinski definition) is 1. The fourth-order valence-electron chi connectivity index (χ4n) is 5.79. The average molecular weight is 517 g/mol. The lowest BCUT2D eigenvalue weighted by Gasteiger charge is -2.48. The molecule has 1 saturated heterocycles. The molecular formula is C28H34Cl2N2O3. The first kappa shape index (κ1) is 26.0. The van der Waals surface area contributed by atoms with Crippen LogP contribution in [-0.4, -0.2) is 29.5 Å². The Bertz CT molecular complexity index is 1080. The Morgan fingerprint density at radius 2 is 1.66 bits per heavy atom. The molecular weight excluding hydrogens is 483 g/mol. The first-order valence-electron chi connectivity index (χ1n) is 12.2. The van der Waals surface area contributed by atoms with Gasteiger partial charge in [-0.25, -0.2) is 4.79 Å². The van der Waals surface area contributed by atoms with Gasteiger partial charge in [-0.05, 0) is 85.4 Å². The minimum atomic E-state index is -0.519. The maximum atomic E-state index is 14.0. The smallest absolute Gasteiger partial charge is 0.337 e. The number of methoxy groups -OCH3 is 1. The SMILES string of the molecule is COC(=O)c1ccc([C@@H](C)N2C(=O)C(c3cc(Cl)cc(Cl)c3)NC23CCC(C(C)(C)C)CC3)cc1. The van der Waals surface area contributed by atoms with E-state index >= 15 is 0 Å². The Hall–Kier alpha value is -2.08. The Balaban J connectivity index is 1.70. The number of benzene rings is 2. The fourth-order valence-corrected chi connectivity index (χ4v) is 6.33. The fraction of sp³-hybridized carbons (Fsp3) is 0.500. The predicted molar refractivity (Wildman–Crippen MR) is 140 cm³/mol. The van der Waals surface area contributed by atoms with E-state index < -0.39 is 11.7 Å². The van der Waals surface area contributed by atoms with Crippen molar-refractivity contribution in [1.29, 1.82) is 0 Å². The highest BCUT2D eigenvalue weighted by atomic mass is 35.5. The lowest BCUT2D eigenvalue weighted by Crippen LogP contribution is -2.55. The molecule has 1 spiro atoms. The maximum Gasteiger partial charge on any atom is 0.337 e. The minimum absolute atomic E-state index is 0.0158. The molecule has 2 atom stereocenters. The van der Waals surface area contributed by atoms with Crippen LogP contribution in [0.1, 0.15) is 86.9 Å². The molecule has 1 aliphatic carbocycles. The van der Waals surface area contributed by atoms with E-state index in [4.69, 9.17) is 27.9 Å². The minimum Gasteiger partial charge on any atom is -0.465 e. The highest BCUT2D eigenvalue weighted by molar-refractivity contribution is 6.34. The second kappa shape index (κ2) is 9.76. The summed E-state index contributed by atoms with van der Waals surface area (Å²) in [6.45, 7) is 8.94. The Kier molecular flexibility index (Phi) is 7.25. The molecule has 1 N–H and O–H groups in total. The molecule has 7 heteroatoms.